The summed E-state index contributed by atoms with van der Waals surface area (Å²) in [7, 11) is 0. The Labute approximate surface area is 102 Å². The first-order valence-electron chi connectivity index (χ1n) is 5.14. The van der Waals surface area contributed by atoms with Crippen molar-refractivity contribution in [3.63, 3.8) is 0 Å². The number of thiazole rings is 1. The zero-order valence-corrected chi connectivity index (χ0v) is 9.94. The third kappa shape index (κ3) is 1.47. The molecule has 3 aromatic rings. The monoisotopic (exact) mass is 243 g/mol. The Kier molecular flexibility index (Phi) is 2.26. The second-order valence-corrected chi connectivity index (χ2v) is 4.51. The van der Waals surface area contributed by atoms with Crippen LogP contribution in [-0.4, -0.2) is 20.7 Å². The second kappa shape index (κ2) is 3.78. The second-order valence-electron chi connectivity index (χ2n) is 3.67. The van der Waals surface area contributed by atoms with E-state index in [-0.39, 0.29) is 0 Å². The number of fused-ring (bicyclic) bond motifs is 1. The molecule has 0 bridgehead atoms. The fraction of sp³-hybridized carbons (Fsp3) is 0.0833. The van der Waals surface area contributed by atoms with Gasteiger partial charge in [-0.3, -0.25) is 14.2 Å². The third-order valence-electron chi connectivity index (χ3n) is 2.59. The molecule has 0 amide bonds. The number of carbonyl (C=O) groups excluding carboxylic acids is 1. The normalized spacial score (nSPS) is 10.9. The largest absolute Gasteiger partial charge is 0.296 e. The fourth-order valence-electron chi connectivity index (χ4n) is 1.82. The van der Waals surface area contributed by atoms with E-state index in [4.69, 9.17) is 0 Å². The van der Waals surface area contributed by atoms with Gasteiger partial charge in [-0.25, -0.2) is 4.98 Å². The fourth-order valence-corrected chi connectivity index (χ4v) is 2.70. The predicted octanol–water partition coefficient (Wildman–Crippen LogP) is 2.58. The molecule has 0 aliphatic heterocycles. The van der Waals surface area contributed by atoms with Gasteiger partial charge in [0.15, 0.2) is 11.2 Å². The van der Waals surface area contributed by atoms with Crippen molar-refractivity contribution < 1.29 is 4.79 Å². The molecule has 0 aliphatic rings. The van der Waals surface area contributed by atoms with Crippen LogP contribution in [0.25, 0.3) is 16.3 Å². The Morgan fingerprint density at radius 1 is 1.41 bits per heavy atom. The Morgan fingerprint density at radius 3 is 3.00 bits per heavy atom. The Morgan fingerprint density at radius 2 is 2.29 bits per heavy atom. The van der Waals surface area contributed by atoms with Crippen LogP contribution in [0.3, 0.4) is 0 Å². The molecule has 0 saturated heterocycles. The van der Waals surface area contributed by atoms with E-state index in [0.717, 1.165) is 22.6 Å². The van der Waals surface area contributed by atoms with Gasteiger partial charge in [0.05, 0.1) is 5.69 Å². The van der Waals surface area contributed by atoms with E-state index >= 15 is 0 Å². The van der Waals surface area contributed by atoms with Crippen LogP contribution in [-0.2, 0) is 0 Å². The number of nitrogens with zero attached hydrogens (tertiary/aromatic N) is 3. The van der Waals surface area contributed by atoms with Crippen LogP contribution in [0, 0.1) is 6.92 Å². The molecule has 4 nitrogen and oxygen atoms in total. The van der Waals surface area contributed by atoms with Crippen molar-refractivity contribution in [1.82, 2.24) is 14.4 Å². The molecule has 84 valence electrons. The molecular weight excluding hydrogens is 234 g/mol. The highest BCUT2D eigenvalue weighted by Crippen LogP contribution is 2.25. The number of imidazole rings is 1. The van der Waals surface area contributed by atoms with E-state index in [2.05, 4.69) is 9.97 Å². The Bertz CT molecular complexity index is 684. The van der Waals surface area contributed by atoms with Crippen LogP contribution in [0.1, 0.15) is 16.2 Å². The van der Waals surface area contributed by atoms with Crippen molar-refractivity contribution in [2.24, 2.45) is 0 Å². The quantitative estimate of drug-likeness (QED) is 0.650. The van der Waals surface area contributed by atoms with Gasteiger partial charge < -0.3 is 0 Å². The van der Waals surface area contributed by atoms with Crippen LogP contribution >= 0.6 is 11.3 Å². The average molecular weight is 243 g/mol. The van der Waals surface area contributed by atoms with E-state index in [0.29, 0.717) is 11.4 Å². The minimum Gasteiger partial charge on any atom is -0.296 e. The van der Waals surface area contributed by atoms with Gasteiger partial charge in [0, 0.05) is 17.3 Å². The standard InChI is InChI=1S/C12H9N3OS/c1-8-7-17-12-14-11(10(6-16)15(8)12)9-4-2-3-5-13-9/h2-7H,1H3. The maximum Gasteiger partial charge on any atom is 0.195 e. The van der Waals surface area contributed by atoms with Crippen molar-refractivity contribution in [1.29, 1.82) is 0 Å². The number of pyridine rings is 1. The molecule has 0 atom stereocenters. The van der Waals surface area contributed by atoms with Crippen LogP contribution < -0.4 is 0 Å². The summed E-state index contributed by atoms with van der Waals surface area (Å²) < 4.78 is 1.86. The van der Waals surface area contributed by atoms with E-state index in [1.807, 2.05) is 34.9 Å². The summed E-state index contributed by atoms with van der Waals surface area (Å²) in [6, 6.07) is 5.58. The average Bonchev–Trinajstić information content (AvgIpc) is 2.91. The molecular formula is C12H9N3OS. The first-order chi connectivity index (χ1) is 8.31. The zero-order valence-electron chi connectivity index (χ0n) is 9.12. The predicted molar refractivity (Wildman–Crippen MR) is 66.4 cm³/mol. The summed E-state index contributed by atoms with van der Waals surface area (Å²) in [6.45, 7) is 1.96. The highest BCUT2D eigenvalue weighted by Gasteiger charge is 2.16. The summed E-state index contributed by atoms with van der Waals surface area (Å²) in [5.41, 5.74) is 2.96. The summed E-state index contributed by atoms with van der Waals surface area (Å²) in [6.07, 6.45) is 2.54. The first kappa shape index (κ1) is 10.2. The van der Waals surface area contributed by atoms with E-state index < -0.39 is 0 Å². The van der Waals surface area contributed by atoms with Gasteiger partial charge >= 0.3 is 0 Å². The number of rotatable bonds is 2. The van der Waals surface area contributed by atoms with Gasteiger partial charge in [-0.1, -0.05) is 6.07 Å². The lowest BCUT2D eigenvalue weighted by atomic mass is 10.2. The van der Waals surface area contributed by atoms with Crippen LogP contribution in [0.2, 0.25) is 0 Å². The van der Waals surface area contributed by atoms with Gasteiger partial charge in [-0.2, -0.15) is 0 Å². The number of hydrogen-bond acceptors (Lipinski definition) is 4. The zero-order chi connectivity index (χ0) is 11.8. The molecule has 3 rings (SSSR count). The molecule has 17 heavy (non-hydrogen) atoms. The molecule has 0 aliphatic carbocycles. The van der Waals surface area contributed by atoms with Gasteiger partial charge in [-0.05, 0) is 19.1 Å². The van der Waals surface area contributed by atoms with E-state index in [9.17, 15) is 4.79 Å². The molecule has 0 fully saturated rings. The highest BCUT2D eigenvalue weighted by atomic mass is 32.1. The van der Waals surface area contributed by atoms with E-state index in [1.54, 1.807) is 6.20 Å². The number of hydrogen-bond donors (Lipinski definition) is 0. The molecule has 0 unspecified atom stereocenters. The number of aldehydes is 1. The van der Waals surface area contributed by atoms with Crippen LogP contribution in [0.4, 0.5) is 0 Å². The molecule has 5 heteroatoms. The Balaban J connectivity index is 2.34. The minimum atomic E-state index is 0.567. The topological polar surface area (TPSA) is 47.3 Å². The van der Waals surface area contributed by atoms with Gasteiger partial charge in [0.2, 0.25) is 0 Å². The third-order valence-corrected chi connectivity index (χ3v) is 3.53. The molecule has 3 heterocycles. The van der Waals surface area contributed by atoms with E-state index in [1.165, 1.54) is 11.3 Å². The summed E-state index contributed by atoms with van der Waals surface area (Å²) in [5, 5.41) is 1.98. The van der Waals surface area contributed by atoms with Crippen LogP contribution in [0.15, 0.2) is 29.8 Å². The first-order valence-corrected chi connectivity index (χ1v) is 6.02. The SMILES string of the molecule is Cc1csc2nc(-c3ccccn3)c(C=O)n12. The van der Waals surface area contributed by atoms with Crippen LogP contribution in [0.5, 0.6) is 0 Å². The van der Waals surface area contributed by atoms with Crippen molar-refractivity contribution in [2.45, 2.75) is 6.92 Å². The van der Waals surface area contributed by atoms with Crippen molar-refractivity contribution in [3.05, 3.63) is 41.2 Å². The number of aryl methyl sites for hydroxylation is 1. The lowest BCUT2D eigenvalue weighted by Crippen LogP contribution is -1.94. The number of aromatic nitrogens is 3. The lowest BCUT2D eigenvalue weighted by Gasteiger charge is -1.97. The smallest absolute Gasteiger partial charge is 0.195 e. The highest BCUT2D eigenvalue weighted by molar-refractivity contribution is 7.15. The summed E-state index contributed by atoms with van der Waals surface area (Å²) in [5.74, 6) is 0. The molecule has 0 spiro atoms. The van der Waals surface area contributed by atoms with Crippen molar-refractivity contribution in [2.75, 3.05) is 0 Å². The maximum absolute atomic E-state index is 11.2. The van der Waals surface area contributed by atoms with Gasteiger partial charge in [0.25, 0.3) is 0 Å². The Hall–Kier alpha value is -2.01. The van der Waals surface area contributed by atoms with Crippen molar-refractivity contribution >= 4 is 22.6 Å². The molecule has 0 saturated carbocycles. The lowest BCUT2D eigenvalue weighted by molar-refractivity contribution is 0.111. The maximum atomic E-state index is 11.2. The molecule has 0 aromatic carbocycles. The summed E-state index contributed by atoms with van der Waals surface area (Å²) >= 11 is 1.52. The number of carbonyl (C=O) groups is 1. The molecule has 0 N–H and O–H groups in total. The van der Waals surface area contributed by atoms with Gasteiger partial charge in [0.1, 0.15) is 11.4 Å². The molecule has 0 radical (unpaired) electrons. The summed E-state index contributed by atoms with van der Waals surface area (Å²) in [4.78, 5) is 20.8. The minimum absolute atomic E-state index is 0.567. The molecule has 3 aromatic heterocycles. The van der Waals surface area contributed by atoms with Crippen molar-refractivity contribution in [3.8, 4) is 11.4 Å². The van der Waals surface area contributed by atoms with Gasteiger partial charge in [-0.15, -0.1) is 11.3 Å².